The summed E-state index contributed by atoms with van der Waals surface area (Å²) >= 11 is 7.85. The van der Waals surface area contributed by atoms with E-state index in [1.165, 1.54) is 0 Å². The lowest BCUT2D eigenvalue weighted by atomic mass is 9.96. The minimum Gasteiger partial charge on any atom is -0.219 e. The first-order chi connectivity index (χ1) is 14.1. The normalized spacial score (nSPS) is 17.3. The molecule has 0 spiro atoms. The van der Waals surface area contributed by atoms with Crippen LogP contribution in [-0.4, -0.2) is 10.9 Å². The second-order valence-electron chi connectivity index (χ2n) is 7.39. The van der Waals surface area contributed by atoms with Crippen LogP contribution >= 0.6 is 22.9 Å². The molecular formula is C24H24ClN3S. The number of halogens is 1. The van der Waals surface area contributed by atoms with Gasteiger partial charge in [-0.05, 0) is 62.3 Å². The molecular weight excluding hydrogens is 398 g/mol. The van der Waals surface area contributed by atoms with Crippen LogP contribution in [-0.2, 0) is 0 Å². The highest BCUT2D eigenvalue weighted by atomic mass is 35.5. The highest BCUT2D eigenvalue weighted by Crippen LogP contribution is 2.26. The molecule has 0 amide bonds. The Morgan fingerprint density at radius 1 is 1.10 bits per heavy atom. The van der Waals surface area contributed by atoms with Crippen molar-refractivity contribution in [3.05, 3.63) is 80.9 Å². The van der Waals surface area contributed by atoms with Crippen LogP contribution in [0.1, 0.15) is 30.4 Å². The third-order valence-electron chi connectivity index (χ3n) is 5.16. The smallest absolute Gasteiger partial charge is 0.211 e. The van der Waals surface area contributed by atoms with Gasteiger partial charge in [-0.25, -0.2) is 9.67 Å². The Balaban J connectivity index is 1.84. The molecule has 0 fully saturated rings. The number of thiazole rings is 1. The summed E-state index contributed by atoms with van der Waals surface area (Å²) < 4.78 is 1.96. The molecule has 0 saturated heterocycles. The van der Waals surface area contributed by atoms with Crippen LogP contribution in [0.2, 0.25) is 5.02 Å². The summed E-state index contributed by atoms with van der Waals surface area (Å²) in [5.41, 5.74) is 5.38. The van der Waals surface area contributed by atoms with Gasteiger partial charge in [0.05, 0.1) is 11.4 Å². The zero-order valence-electron chi connectivity index (χ0n) is 16.7. The van der Waals surface area contributed by atoms with E-state index in [1.54, 1.807) is 11.3 Å². The second kappa shape index (κ2) is 8.93. The number of aryl methyl sites for hydroxylation is 2. The number of para-hydroxylation sites is 1. The van der Waals surface area contributed by atoms with Crippen LogP contribution in [0, 0.1) is 19.8 Å². The quantitative estimate of drug-likeness (QED) is 0.323. The lowest BCUT2D eigenvalue weighted by molar-refractivity contribution is 0.622. The summed E-state index contributed by atoms with van der Waals surface area (Å²) in [6.45, 7) is 4.19. The van der Waals surface area contributed by atoms with Crippen LogP contribution < -0.4 is 4.80 Å². The maximum atomic E-state index is 6.25. The standard InChI is InChI=1S/C24H24ClN3S/c1-17-8-6-9-18(2)23(17)27-24-28(26-15-19-10-4-3-5-11-19)22(16-29-24)20-12-7-13-21(25)14-20/h3-4,6-9,12-16,19H,5,10-11H2,1-2H3/b26-15+,27-24?. The van der Waals surface area contributed by atoms with Crippen molar-refractivity contribution < 1.29 is 0 Å². The SMILES string of the molecule is Cc1cccc(C)c1N=c1scc(-c2cccc(Cl)c2)n1/N=C/C1CC=CCC1. The monoisotopic (exact) mass is 421 g/mol. The molecule has 1 unspecified atom stereocenters. The Labute approximate surface area is 180 Å². The van der Waals surface area contributed by atoms with Gasteiger partial charge in [-0.15, -0.1) is 11.3 Å². The van der Waals surface area contributed by atoms with Gasteiger partial charge in [-0.2, -0.15) is 5.10 Å². The van der Waals surface area contributed by atoms with E-state index in [0.29, 0.717) is 5.92 Å². The minimum absolute atomic E-state index is 0.465. The van der Waals surface area contributed by atoms with Gasteiger partial charge >= 0.3 is 0 Å². The van der Waals surface area contributed by atoms with Gasteiger partial charge in [0, 0.05) is 22.2 Å². The first kappa shape index (κ1) is 19.9. The van der Waals surface area contributed by atoms with Crippen molar-refractivity contribution in [1.29, 1.82) is 0 Å². The van der Waals surface area contributed by atoms with Crippen molar-refractivity contribution in [3.8, 4) is 11.3 Å². The molecule has 148 valence electrons. The zero-order chi connectivity index (χ0) is 20.2. The van der Waals surface area contributed by atoms with Gasteiger partial charge in [0.1, 0.15) is 0 Å². The van der Waals surface area contributed by atoms with E-state index < -0.39 is 0 Å². The first-order valence-corrected chi connectivity index (χ1v) is 11.1. The number of nitrogens with zero attached hydrogens (tertiary/aromatic N) is 3. The fourth-order valence-corrected chi connectivity index (χ4v) is 4.56. The van der Waals surface area contributed by atoms with E-state index in [1.807, 2.05) is 22.9 Å². The predicted octanol–water partition coefficient (Wildman–Crippen LogP) is 6.91. The molecule has 1 atom stereocenters. The van der Waals surface area contributed by atoms with Gasteiger partial charge in [-0.3, -0.25) is 0 Å². The van der Waals surface area contributed by atoms with Crippen LogP contribution in [0.25, 0.3) is 11.3 Å². The fourth-order valence-electron chi connectivity index (χ4n) is 3.53. The number of hydrogen-bond donors (Lipinski definition) is 0. The number of hydrogen-bond acceptors (Lipinski definition) is 3. The Morgan fingerprint density at radius 2 is 1.90 bits per heavy atom. The summed E-state index contributed by atoms with van der Waals surface area (Å²) in [6, 6.07) is 14.2. The zero-order valence-corrected chi connectivity index (χ0v) is 18.2. The summed E-state index contributed by atoms with van der Waals surface area (Å²) in [6.07, 6.45) is 9.88. The van der Waals surface area contributed by atoms with Crippen molar-refractivity contribution in [2.45, 2.75) is 33.1 Å². The highest BCUT2D eigenvalue weighted by molar-refractivity contribution is 7.07. The summed E-state index contributed by atoms with van der Waals surface area (Å²) in [5, 5.41) is 7.71. The molecule has 1 aromatic heterocycles. The van der Waals surface area contributed by atoms with E-state index >= 15 is 0 Å². The number of aromatic nitrogens is 1. The molecule has 1 aliphatic carbocycles. The molecule has 2 aromatic carbocycles. The lowest BCUT2D eigenvalue weighted by Gasteiger charge is -2.12. The van der Waals surface area contributed by atoms with Gasteiger partial charge in [0.2, 0.25) is 4.80 Å². The van der Waals surface area contributed by atoms with Crippen molar-refractivity contribution in [1.82, 2.24) is 4.68 Å². The largest absolute Gasteiger partial charge is 0.219 e. The molecule has 0 aliphatic heterocycles. The number of rotatable bonds is 4. The van der Waals surface area contributed by atoms with E-state index in [4.69, 9.17) is 21.7 Å². The molecule has 4 rings (SSSR count). The Morgan fingerprint density at radius 3 is 2.62 bits per heavy atom. The van der Waals surface area contributed by atoms with Crippen LogP contribution in [0.5, 0.6) is 0 Å². The van der Waals surface area contributed by atoms with Gasteiger partial charge in [0.15, 0.2) is 0 Å². The first-order valence-electron chi connectivity index (χ1n) is 9.89. The Bertz CT molecular complexity index is 1120. The van der Waals surface area contributed by atoms with Gasteiger partial charge in [-0.1, -0.05) is 54.1 Å². The summed E-state index contributed by atoms with van der Waals surface area (Å²) in [4.78, 5) is 5.85. The topological polar surface area (TPSA) is 29.6 Å². The maximum Gasteiger partial charge on any atom is 0.211 e. The third kappa shape index (κ3) is 4.60. The van der Waals surface area contributed by atoms with Crippen LogP contribution in [0.4, 0.5) is 5.69 Å². The maximum absolute atomic E-state index is 6.25. The molecule has 0 bridgehead atoms. The van der Waals surface area contributed by atoms with E-state index in [0.717, 1.165) is 57.2 Å². The average Bonchev–Trinajstić information content (AvgIpc) is 3.12. The summed E-state index contributed by atoms with van der Waals surface area (Å²) in [7, 11) is 0. The molecule has 1 heterocycles. The third-order valence-corrected chi connectivity index (χ3v) is 6.21. The molecule has 0 radical (unpaired) electrons. The van der Waals surface area contributed by atoms with Gasteiger partial charge in [0.25, 0.3) is 0 Å². The van der Waals surface area contributed by atoms with Crippen LogP contribution in [0.3, 0.4) is 0 Å². The predicted molar refractivity (Wildman–Crippen MR) is 124 cm³/mol. The molecule has 1 aliphatic rings. The van der Waals surface area contributed by atoms with Crippen molar-refractivity contribution in [2.24, 2.45) is 16.0 Å². The van der Waals surface area contributed by atoms with E-state index in [9.17, 15) is 0 Å². The Hall–Kier alpha value is -2.43. The van der Waals surface area contributed by atoms with E-state index in [-0.39, 0.29) is 0 Å². The second-order valence-corrected chi connectivity index (χ2v) is 8.66. The molecule has 29 heavy (non-hydrogen) atoms. The lowest BCUT2D eigenvalue weighted by Crippen LogP contribution is -2.14. The average molecular weight is 422 g/mol. The molecule has 3 aromatic rings. The fraction of sp³-hybridized carbons (Fsp3) is 0.250. The molecule has 0 N–H and O–H groups in total. The minimum atomic E-state index is 0.465. The number of benzene rings is 2. The van der Waals surface area contributed by atoms with Crippen molar-refractivity contribution >= 4 is 34.8 Å². The van der Waals surface area contributed by atoms with Crippen molar-refractivity contribution in [3.63, 3.8) is 0 Å². The summed E-state index contributed by atoms with van der Waals surface area (Å²) in [5.74, 6) is 0.465. The van der Waals surface area contributed by atoms with E-state index in [2.05, 4.69) is 61.9 Å². The van der Waals surface area contributed by atoms with Gasteiger partial charge < -0.3 is 0 Å². The molecule has 0 saturated carbocycles. The molecule has 5 heteroatoms. The van der Waals surface area contributed by atoms with Crippen LogP contribution in [0.15, 0.2) is 70.1 Å². The molecule has 3 nitrogen and oxygen atoms in total. The number of allylic oxidation sites excluding steroid dienone is 2. The Kier molecular flexibility index (Phi) is 6.12. The van der Waals surface area contributed by atoms with Crippen molar-refractivity contribution in [2.75, 3.05) is 0 Å². The highest BCUT2D eigenvalue weighted by Gasteiger charge is 2.11.